The smallest absolute Gasteiger partial charge is 0.374 e. The van der Waals surface area contributed by atoms with E-state index in [1.54, 1.807) is 17.4 Å². The van der Waals surface area contributed by atoms with Crippen molar-refractivity contribution in [2.45, 2.75) is 26.4 Å². The van der Waals surface area contributed by atoms with Crippen LogP contribution in [-0.4, -0.2) is 13.1 Å². The normalized spacial score (nSPS) is 10.6. The molecule has 0 fully saturated rings. The van der Waals surface area contributed by atoms with E-state index in [1.165, 1.54) is 23.8 Å². The number of rotatable bonds is 6. The van der Waals surface area contributed by atoms with E-state index in [4.69, 9.17) is 4.42 Å². The van der Waals surface area contributed by atoms with Gasteiger partial charge in [-0.1, -0.05) is 6.92 Å². The zero-order chi connectivity index (χ0) is 13.7. The van der Waals surface area contributed by atoms with Crippen molar-refractivity contribution in [2.24, 2.45) is 0 Å². The lowest BCUT2D eigenvalue weighted by atomic mass is 10.2. The minimum Gasteiger partial charge on any atom is -0.463 e. The highest BCUT2D eigenvalue weighted by molar-refractivity contribution is 7.10. The molecule has 0 aliphatic rings. The number of hydrogen-bond donors (Lipinski definition) is 1. The number of nitrogens with one attached hydrogen (secondary N) is 1. The van der Waals surface area contributed by atoms with Gasteiger partial charge in [0.05, 0.1) is 13.4 Å². The second-order valence-electron chi connectivity index (χ2n) is 4.09. The molecule has 4 nitrogen and oxygen atoms in total. The Morgan fingerprint density at radius 1 is 1.37 bits per heavy atom. The third-order valence-electron chi connectivity index (χ3n) is 2.94. The second kappa shape index (κ2) is 6.54. The first-order chi connectivity index (χ1) is 9.26. The first-order valence-corrected chi connectivity index (χ1v) is 7.04. The Bertz CT molecular complexity index is 544. The Labute approximate surface area is 116 Å². The lowest BCUT2D eigenvalue weighted by molar-refractivity contribution is 0.0563. The number of hydrogen-bond acceptors (Lipinski definition) is 5. The van der Waals surface area contributed by atoms with Gasteiger partial charge in [-0.05, 0) is 29.5 Å². The topological polar surface area (TPSA) is 51.5 Å². The lowest BCUT2D eigenvalue weighted by Crippen LogP contribution is -2.14. The van der Waals surface area contributed by atoms with Crippen LogP contribution in [0.3, 0.4) is 0 Å². The molecule has 2 aromatic heterocycles. The first-order valence-electron chi connectivity index (χ1n) is 6.17. The Balaban J connectivity index is 1.93. The summed E-state index contributed by atoms with van der Waals surface area (Å²) in [6.45, 7) is 3.53. The van der Waals surface area contributed by atoms with Crippen LogP contribution in [-0.2, 0) is 24.2 Å². The molecule has 2 heterocycles. The van der Waals surface area contributed by atoms with Crippen LogP contribution in [0.5, 0.6) is 0 Å². The van der Waals surface area contributed by atoms with Crippen LogP contribution in [0.4, 0.5) is 0 Å². The summed E-state index contributed by atoms with van der Waals surface area (Å²) in [5, 5.41) is 5.43. The molecule has 0 unspecified atom stereocenters. The van der Waals surface area contributed by atoms with E-state index in [1.807, 2.05) is 0 Å². The van der Waals surface area contributed by atoms with Gasteiger partial charge in [0.25, 0.3) is 0 Å². The van der Waals surface area contributed by atoms with E-state index in [-0.39, 0.29) is 5.76 Å². The fourth-order valence-corrected chi connectivity index (χ4v) is 2.84. The molecule has 19 heavy (non-hydrogen) atoms. The molecule has 0 aliphatic carbocycles. The molecule has 0 bridgehead atoms. The molecule has 0 saturated heterocycles. The van der Waals surface area contributed by atoms with Crippen molar-refractivity contribution in [3.63, 3.8) is 0 Å². The molecule has 102 valence electrons. The first kappa shape index (κ1) is 13.8. The summed E-state index contributed by atoms with van der Waals surface area (Å²) in [7, 11) is 1.35. The number of furan rings is 1. The van der Waals surface area contributed by atoms with Gasteiger partial charge in [0.1, 0.15) is 0 Å². The molecule has 0 aliphatic heterocycles. The molecule has 2 aromatic rings. The van der Waals surface area contributed by atoms with Gasteiger partial charge in [-0.2, -0.15) is 0 Å². The van der Waals surface area contributed by atoms with Crippen LogP contribution in [0, 0.1) is 0 Å². The fraction of sp³-hybridized carbons (Fsp3) is 0.357. The van der Waals surface area contributed by atoms with Gasteiger partial charge in [-0.3, -0.25) is 0 Å². The maximum atomic E-state index is 11.4. The van der Waals surface area contributed by atoms with Crippen molar-refractivity contribution in [2.75, 3.05) is 7.11 Å². The Morgan fingerprint density at radius 3 is 2.95 bits per heavy atom. The molecule has 0 saturated carbocycles. The Hall–Kier alpha value is -1.59. The molecule has 0 spiro atoms. The van der Waals surface area contributed by atoms with E-state index in [0.717, 1.165) is 18.5 Å². The largest absolute Gasteiger partial charge is 0.463 e. The predicted octanol–water partition coefficient (Wildman–Crippen LogP) is 2.98. The van der Waals surface area contributed by atoms with Gasteiger partial charge < -0.3 is 14.5 Å². The van der Waals surface area contributed by atoms with E-state index in [0.29, 0.717) is 6.54 Å². The van der Waals surface area contributed by atoms with Crippen molar-refractivity contribution >= 4 is 17.3 Å². The van der Waals surface area contributed by atoms with Crippen LogP contribution in [0.25, 0.3) is 0 Å². The molecule has 0 aromatic carbocycles. The van der Waals surface area contributed by atoms with Crippen molar-refractivity contribution in [3.05, 3.63) is 45.5 Å². The fourth-order valence-electron chi connectivity index (χ4n) is 1.89. The van der Waals surface area contributed by atoms with E-state index >= 15 is 0 Å². The summed E-state index contributed by atoms with van der Waals surface area (Å²) in [5.41, 5.74) is 2.19. The summed E-state index contributed by atoms with van der Waals surface area (Å²) in [6.07, 6.45) is 2.55. The minimum atomic E-state index is -0.438. The minimum absolute atomic E-state index is 0.275. The highest BCUT2D eigenvalue weighted by Gasteiger charge is 2.15. The number of ether oxygens (including phenoxy) is 1. The zero-order valence-electron chi connectivity index (χ0n) is 11.1. The highest BCUT2D eigenvalue weighted by Crippen LogP contribution is 2.17. The highest BCUT2D eigenvalue weighted by atomic mass is 32.1. The van der Waals surface area contributed by atoms with Gasteiger partial charge in [0.2, 0.25) is 5.76 Å². The summed E-state index contributed by atoms with van der Waals surface area (Å²) in [4.78, 5) is 12.8. The molecule has 0 atom stereocenters. The quantitative estimate of drug-likeness (QED) is 0.826. The van der Waals surface area contributed by atoms with E-state index < -0.39 is 5.97 Å². The van der Waals surface area contributed by atoms with Crippen LogP contribution in [0.2, 0.25) is 0 Å². The number of carbonyl (C=O) groups excluding carboxylic acids is 1. The van der Waals surface area contributed by atoms with Crippen molar-refractivity contribution in [1.29, 1.82) is 0 Å². The number of esters is 1. The molecular formula is C14H17NO3S. The van der Waals surface area contributed by atoms with Crippen molar-refractivity contribution in [3.8, 4) is 0 Å². The summed E-state index contributed by atoms with van der Waals surface area (Å²) < 4.78 is 9.80. The average molecular weight is 279 g/mol. The molecular weight excluding hydrogens is 262 g/mol. The average Bonchev–Trinajstić information content (AvgIpc) is 3.06. The maximum Gasteiger partial charge on any atom is 0.374 e. The van der Waals surface area contributed by atoms with Gasteiger partial charge in [-0.15, -0.1) is 11.3 Å². The summed E-state index contributed by atoms with van der Waals surface area (Å²) in [5.74, 6) is -0.163. The standard InChI is InChI=1S/C14H17NO3S/c1-3-10-5-7-19-12(10)9-15-8-11-4-6-18-13(11)14(16)17-2/h4-7,15H,3,8-9H2,1-2H3. The lowest BCUT2D eigenvalue weighted by Gasteiger charge is -2.05. The second-order valence-corrected chi connectivity index (χ2v) is 5.09. The molecule has 1 N–H and O–H groups in total. The van der Waals surface area contributed by atoms with E-state index in [9.17, 15) is 4.79 Å². The van der Waals surface area contributed by atoms with Gasteiger partial charge >= 0.3 is 5.97 Å². The molecule has 0 radical (unpaired) electrons. The van der Waals surface area contributed by atoms with Crippen molar-refractivity contribution in [1.82, 2.24) is 5.32 Å². The van der Waals surface area contributed by atoms with E-state index in [2.05, 4.69) is 28.4 Å². The van der Waals surface area contributed by atoms with Crippen LogP contribution < -0.4 is 5.32 Å². The number of thiophene rings is 1. The SMILES string of the molecule is CCc1ccsc1CNCc1ccoc1C(=O)OC. The monoisotopic (exact) mass is 279 g/mol. The van der Waals surface area contributed by atoms with Crippen molar-refractivity contribution < 1.29 is 13.9 Å². The maximum absolute atomic E-state index is 11.4. The molecule has 2 rings (SSSR count). The predicted molar refractivity (Wildman–Crippen MR) is 74.3 cm³/mol. The molecule has 5 heteroatoms. The Kier molecular flexibility index (Phi) is 4.76. The summed E-state index contributed by atoms with van der Waals surface area (Å²) in [6, 6.07) is 3.94. The van der Waals surface area contributed by atoms with Crippen LogP contribution in [0.1, 0.15) is 33.5 Å². The zero-order valence-corrected chi connectivity index (χ0v) is 11.9. The number of carbonyl (C=O) groups is 1. The molecule has 0 amide bonds. The van der Waals surface area contributed by atoms with Gasteiger partial charge in [0, 0.05) is 23.5 Å². The van der Waals surface area contributed by atoms with Crippen LogP contribution in [0.15, 0.2) is 28.2 Å². The third-order valence-corrected chi connectivity index (χ3v) is 3.90. The number of methoxy groups -OCH3 is 1. The number of aryl methyl sites for hydroxylation is 1. The Morgan fingerprint density at radius 2 is 2.21 bits per heavy atom. The van der Waals surface area contributed by atoms with Gasteiger partial charge in [0.15, 0.2) is 0 Å². The van der Waals surface area contributed by atoms with Crippen LogP contribution >= 0.6 is 11.3 Å². The summed E-state index contributed by atoms with van der Waals surface area (Å²) >= 11 is 1.75. The third kappa shape index (κ3) is 3.24. The van der Waals surface area contributed by atoms with Gasteiger partial charge in [-0.25, -0.2) is 4.79 Å².